The van der Waals surface area contributed by atoms with Gasteiger partial charge in [-0.05, 0) is 37.6 Å². The van der Waals surface area contributed by atoms with Gasteiger partial charge < -0.3 is 10.6 Å². The van der Waals surface area contributed by atoms with Gasteiger partial charge in [-0.2, -0.15) is 0 Å². The fraction of sp³-hybridized carbons (Fsp3) is 0.533. The molecule has 20 heavy (non-hydrogen) atoms. The highest BCUT2D eigenvalue weighted by Crippen LogP contribution is 2.26. The van der Waals surface area contributed by atoms with Crippen molar-refractivity contribution >= 4 is 22.9 Å². The Balaban J connectivity index is 1.76. The molecule has 2 saturated heterocycles. The van der Waals surface area contributed by atoms with Gasteiger partial charge >= 0.3 is 0 Å². The minimum Gasteiger partial charge on any atom is -0.389 e. The summed E-state index contributed by atoms with van der Waals surface area (Å²) in [5.74, 6) is -0.318. The average molecular weight is 293 g/mol. The Bertz CT molecular complexity index is 520. The summed E-state index contributed by atoms with van der Waals surface area (Å²) in [4.78, 5) is 4.96. The molecule has 1 atom stereocenters. The largest absolute Gasteiger partial charge is 0.389 e. The number of benzene rings is 1. The van der Waals surface area contributed by atoms with Crippen molar-refractivity contribution in [2.75, 3.05) is 31.1 Å². The molecular formula is C15H20FN3S. The van der Waals surface area contributed by atoms with Crippen LogP contribution in [0.15, 0.2) is 18.2 Å². The number of nitrogens with zero attached hydrogens (tertiary/aromatic N) is 2. The molecule has 2 heterocycles. The van der Waals surface area contributed by atoms with Crippen LogP contribution in [0.3, 0.4) is 0 Å². The molecule has 0 bridgehead atoms. The average Bonchev–Trinajstić information content (AvgIpc) is 2.46. The van der Waals surface area contributed by atoms with Crippen LogP contribution in [0.25, 0.3) is 0 Å². The van der Waals surface area contributed by atoms with Crippen molar-refractivity contribution in [3.63, 3.8) is 0 Å². The molecule has 5 heteroatoms. The monoisotopic (exact) mass is 293 g/mol. The van der Waals surface area contributed by atoms with Gasteiger partial charge in [-0.3, -0.25) is 4.90 Å². The summed E-state index contributed by atoms with van der Waals surface area (Å²) >= 11 is 4.84. The van der Waals surface area contributed by atoms with Crippen LogP contribution in [-0.2, 0) is 0 Å². The number of piperidine rings is 1. The van der Waals surface area contributed by atoms with Crippen molar-refractivity contribution in [1.82, 2.24) is 4.90 Å². The normalized spacial score (nSPS) is 23.4. The summed E-state index contributed by atoms with van der Waals surface area (Å²) in [5.41, 5.74) is 6.77. The highest BCUT2D eigenvalue weighted by molar-refractivity contribution is 7.80. The molecule has 0 saturated carbocycles. The summed E-state index contributed by atoms with van der Waals surface area (Å²) in [6, 6.07) is 5.80. The molecule has 0 aliphatic carbocycles. The number of anilines is 1. The number of hydrogen-bond donors (Lipinski definition) is 1. The quantitative estimate of drug-likeness (QED) is 0.847. The zero-order chi connectivity index (χ0) is 14.1. The van der Waals surface area contributed by atoms with Gasteiger partial charge in [0.15, 0.2) is 0 Å². The predicted molar refractivity (Wildman–Crippen MR) is 83.7 cm³/mol. The maximum absolute atomic E-state index is 14.0. The first-order valence-corrected chi connectivity index (χ1v) is 7.64. The first-order chi connectivity index (χ1) is 9.65. The van der Waals surface area contributed by atoms with Crippen LogP contribution >= 0.6 is 12.2 Å². The molecule has 2 aliphatic rings. The minimum absolute atomic E-state index is 0.117. The van der Waals surface area contributed by atoms with Crippen molar-refractivity contribution in [2.45, 2.75) is 25.3 Å². The molecular weight excluding hydrogens is 273 g/mol. The number of thiocarbonyl (C=S) groups is 1. The highest BCUT2D eigenvalue weighted by Gasteiger charge is 2.29. The van der Waals surface area contributed by atoms with E-state index in [4.69, 9.17) is 18.0 Å². The minimum atomic E-state index is -0.318. The van der Waals surface area contributed by atoms with Crippen LogP contribution < -0.4 is 10.6 Å². The molecule has 2 fully saturated rings. The molecule has 0 radical (unpaired) electrons. The van der Waals surface area contributed by atoms with Gasteiger partial charge in [0.25, 0.3) is 0 Å². The smallest absolute Gasteiger partial charge is 0.135 e. The second-order valence-corrected chi connectivity index (χ2v) is 6.10. The standard InChI is InChI=1S/C15H20FN3S/c16-14-9-11(4-5-13(14)15(17)20)19-8-7-18-6-2-1-3-12(18)10-19/h4-5,9,12H,1-3,6-8,10H2,(H2,17,20). The van der Waals surface area contributed by atoms with E-state index in [1.807, 2.05) is 6.07 Å². The first kappa shape index (κ1) is 13.8. The molecule has 3 rings (SSSR count). The van der Waals surface area contributed by atoms with Gasteiger partial charge in [0.05, 0.1) is 0 Å². The van der Waals surface area contributed by atoms with E-state index in [0.29, 0.717) is 11.6 Å². The third kappa shape index (κ3) is 2.65. The van der Waals surface area contributed by atoms with Gasteiger partial charge in [0, 0.05) is 36.9 Å². The summed E-state index contributed by atoms with van der Waals surface area (Å²) in [6.07, 6.45) is 3.88. The first-order valence-electron chi connectivity index (χ1n) is 7.23. The number of halogens is 1. The molecule has 1 aromatic rings. The fourth-order valence-corrected chi connectivity index (χ4v) is 3.46. The molecule has 1 unspecified atom stereocenters. The second-order valence-electron chi connectivity index (χ2n) is 5.66. The van der Waals surface area contributed by atoms with Crippen molar-refractivity contribution in [1.29, 1.82) is 0 Å². The van der Waals surface area contributed by atoms with Crippen molar-refractivity contribution in [3.05, 3.63) is 29.6 Å². The SMILES string of the molecule is NC(=S)c1ccc(N2CCN3CCCCC3C2)cc1F. The molecule has 108 valence electrons. The maximum atomic E-state index is 14.0. The third-order valence-electron chi connectivity index (χ3n) is 4.42. The van der Waals surface area contributed by atoms with Gasteiger partial charge in [-0.15, -0.1) is 0 Å². The Morgan fingerprint density at radius 1 is 1.25 bits per heavy atom. The van der Waals surface area contributed by atoms with Gasteiger partial charge in [-0.25, -0.2) is 4.39 Å². The zero-order valence-electron chi connectivity index (χ0n) is 11.5. The van der Waals surface area contributed by atoms with Crippen LogP contribution in [0.5, 0.6) is 0 Å². The molecule has 0 amide bonds. The Labute approximate surface area is 124 Å². The van der Waals surface area contributed by atoms with Crippen LogP contribution in [0.1, 0.15) is 24.8 Å². The number of hydrogen-bond acceptors (Lipinski definition) is 3. The lowest BCUT2D eigenvalue weighted by molar-refractivity contribution is 0.133. The molecule has 0 aromatic heterocycles. The molecule has 2 aliphatic heterocycles. The van der Waals surface area contributed by atoms with Gasteiger partial charge in [0.2, 0.25) is 0 Å². The fourth-order valence-electron chi connectivity index (χ4n) is 3.29. The van der Waals surface area contributed by atoms with E-state index in [-0.39, 0.29) is 10.8 Å². The topological polar surface area (TPSA) is 32.5 Å². The van der Waals surface area contributed by atoms with E-state index in [1.165, 1.54) is 25.8 Å². The van der Waals surface area contributed by atoms with E-state index in [0.717, 1.165) is 25.3 Å². The van der Waals surface area contributed by atoms with Crippen molar-refractivity contribution in [2.24, 2.45) is 5.73 Å². The van der Waals surface area contributed by atoms with Crippen LogP contribution in [0, 0.1) is 5.82 Å². The van der Waals surface area contributed by atoms with Crippen molar-refractivity contribution < 1.29 is 4.39 Å². The summed E-state index contributed by atoms with van der Waals surface area (Å²) < 4.78 is 14.0. The summed E-state index contributed by atoms with van der Waals surface area (Å²) in [5, 5.41) is 0. The molecule has 1 aromatic carbocycles. The van der Waals surface area contributed by atoms with Gasteiger partial charge in [0.1, 0.15) is 10.8 Å². The predicted octanol–water partition coefficient (Wildman–Crippen LogP) is 2.13. The zero-order valence-corrected chi connectivity index (χ0v) is 12.3. The lowest BCUT2D eigenvalue weighted by Crippen LogP contribution is -2.54. The second kappa shape index (κ2) is 5.66. The van der Waals surface area contributed by atoms with E-state index < -0.39 is 0 Å². The van der Waals surface area contributed by atoms with E-state index in [9.17, 15) is 4.39 Å². The lowest BCUT2D eigenvalue weighted by atomic mass is 9.99. The molecule has 0 spiro atoms. The number of nitrogens with two attached hydrogens (primary N) is 1. The molecule has 3 nitrogen and oxygen atoms in total. The highest BCUT2D eigenvalue weighted by atomic mass is 32.1. The van der Waals surface area contributed by atoms with Crippen LogP contribution in [0.4, 0.5) is 10.1 Å². The molecule has 2 N–H and O–H groups in total. The van der Waals surface area contributed by atoms with E-state index >= 15 is 0 Å². The Morgan fingerprint density at radius 3 is 2.85 bits per heavy atom. The van der Waals surface area contributed by atoms with Gasteiger partial charge in [-0.1, -0.05) is 18.6 Å². The van der Waals surface area contributed by atoms with Crippen molar-refractivity contribution in [3.8, 4) is 0 Å². The summed E-state index contributed by atoms with van der Waals surface area (Å²) in [6.45, 7) is 4.24. The summed E-state index contributed by atoms with van der Waals surface area (Å²) in [7, 11) is 0. The number of piperazine rings is 1. The Kier molecular flexibility index (Phi) is 3.89. The maximum Gasteiger partial charge on any atom is 0.135 e. The number of rotatable bonds is 2. The van der Waals surface area contributed by atoms with Crippen LogP contribution in [0.2, 0.25) is 0 Å². The third-order valence-corrected chi connectivity index (χ3v) is 4.64. The van der Waals surface area contributed by atoms with E-state index in [1.54, 1.807) is 12.1 Å². The van der Waals surface area contributed by atoms with E-state index in [2.05, 4.69) is 9.80 Å². The number of fused-ring (bicyclic) bond motifs is 1. The lowest BCUT2D eigenvalue weighted by Gasteiger charge is -2.45. The van der Waals surface area contributed by atoms with Crippen LogP contribution in [-0.4, -0.2) is 42.1 Å². The Hall–Kier alpha value is -1.20. The Morgan fingerprint density at radius 2 is 2.10 bits per heavy atom.